The molecular formula is C15H17NO2S. The Morgan fingerprint density at radius 3 is 2.53 bits per heavy atom. The van der Waals surface area contributed by atoms with Gasteiger partial charge in [-0.05, 0) is 30.5 Å². The highest BCUT2D eigenvalue weighted by atomic mass is 32.2. The fourth-order valence-corrected chi connectivity index (χ4v) is 2.47. The van der Waals surface area contributed by atoms with Gasteiger partial charge in [0.2, 0.25) is 0 Å². The van der Waals surface area contributed by atoms with E-state index in [1.165, 1.54) is 0 Å². The van der Waals surface area contributed by atoms with E-state index in [1.54, 1.807) is 18.9 Å². The van der Waals surface area contributed by atoms with E-state index >= 15 is 0 Å². The van der Waals surface area contributed by atoms with Gasteiger partial charge in [-0.2, -0.15) is 0 Å². The minimum absolute atomic E-state index is 0.455. The molecule has 0 amide bonds. The SMILES string of the molecule is COc1cccc(Oc2cccc(SC)c2CN)c1. The highest BCUT2D eigenvalue weighted by molar-refractivity contribution is 7.98. The maximum Gasteiger partial charge on any atom is 0.133 e. The van der Waals surface area contributed by atoms with E-state index < -0.39 is 0 Å². The highest BCUT2D eigenvalue weighted by Gasteiger charge is 2.08. The van der Waals surface area contributed by atoms with Crippen LogP contribution in [0.1, 0.15) is 5.56 Å². The third-order valence-electron chi connectivity index (χ3n) is 2.78. The second-order valence-corrected chi connectivity index (χ2v) is 4.77. The van der Waals surface area contributed by atoms with Gasteiger partial charge >= 0.3 is 0 Å². The first-order chi connectivity index (χ1) is 9.28. The summed E-state index contributed by atoms with van der Waals surface area (Å²) in [7, 11) is 1.64. The van der Waals surface area contributed by atoms with E-state index in [0.29, 0.717) is 6.54 Å². The summed E-state index contributed by atoms with van der Waals surface area (Å²) in [5.74, 6) is 2.31. The number of rotatable bonds is 5. The molecule has 0 fully saturated rings. The second-order valence-electron chi connectivity index (χ2n) is 3.92. The van der Waals surface area contributed by atoms with Crippen LogP contribution in [-0.4, -0.2) is 13.4 Å². The first-order valence-electron chi connectivity index (χ1n) is 5.96. The molecule has 2 N–H and O–H groups in total. The molecule has 0 heterocycles. The Kier molecular flexibility index (Phi) is 4.71. The Balaban J connectivity index is 2.32. The van der Waals surface area contributed by atoms with Crippen LogP contribution >= 0.6 is 11.8 Å². The molecule has 0 aliphatic carbocycles. The van der Waals surface area contributed by atoms with Crippen molar-refractivity contribution >= 4 is 11.8 Å². The molecule has 0 radical (unpaired) electrons. The van der Waals surface area contributed by atoms with Crippen LogP contribution in [0.15, 0.2) is 47.4 Å². The van der Waals surface area contributed by atoms with Crippen LogP contribution in [0.2, 0.25) is 0 Å². The molecule has 100 valence electrons. The maximum atomic E-state index is 5.91. The van der Waals surface area contributed by atoms with Gasteiger partial charge in [-0.1, -0.05) is 12.1 Å². The van der Waals surface area contributed by atoms with Crippen LogP contribution in [0.5, 0.6) is 17.2 Å². The van der Waals surface area contributed by atoms with Crippen LogP contribution < -0.4 is 15.2 Å². The van der Waals surface area contributed by atoms with Crippen molar-refractivity contribution in [1.82, 2.24) is 0 Å². The summed E-state index contributed by atoms with van der Waals surface area (Å²) < 4.78 is 11.1. The predicted molar refractivity (Wildman–Crippen MR) is 79.2 cm³/mol. The van der Waals surface area contributed by atoms with Crippen LogP contribution in [-0.2, 0) is 6.54 Å². The number of hydrogen-bond acceptors (Lipinski definition) is 4. The fraction of sp³-hybridized carbons (Fsp3) is 0.200. The predicted octanol–water partition coefficient (Wildman–Crippen LogP) is 3.67. The Morgan fingerprint density at radius 1 is 1.11 bits per heavy atom. The van der Waals surface area contributed by atoms with Gasteiger partial charge in [0.05, 0.1) is 7.11 Å². The molecule has 2 aromatic rings. The number of benzene rings is 2. The quantitative estimate of drug-likeness (QED) is 0.846. The lowest BCUT2D eigenvalue weighted by atomic mass is 10.2. The molecule has 2 rings (SSSR count). The van der Waals surface area contributed by atoms with Crippen molar-refractivity contribution < 1.29 is 9.47 Å². The molecule has 2 aromatic carbocycles. The average molecular weight is 275 g/mol. The summed E-state index contributed by atoms with van der Waals surface area (Å²) in [6.45, 7) is 0.455. The summed E-state index contributed by atoms with van der Waals surface area (Å²) in [4.78, 5) is 1.14. The van der Waals surface area contributed by atoms with Gasteiger partial charge in [0, 0.05) is 23.1 Å². The van der Waals surface area contributed by atoms with Gasteiger partial charge in [0.15, 0.2) is 0 Å². The topological polar surface area (TPSA) is 44.5 Å². The monoisotopic (exact) mass is 275 g/mol. The molecule has 3 nitrogen and oxygen atoms in total. The minimum Gasteiger partial charge on any atom is -0.497 e. The zero-order valence-corrected chi connectivity index (χ0v) is 11.9. The molecule has 0 aliphatic rings. The van der Waals surface area contributed by atoms with E-state index in [2.05, 4.69) is 0 Å². The van der Waals surface area contributed by atoms with E-state index in [9.17, 15) is 0 Å². The fourth-order valence-electron chi connectivity index (χ4n) is 1.83. The average Bonchev–Trinajstić information content (AvgIpc) is 2.47. The van der Waals surface area contributed by atoms with Crippen molar-refractivity contribution in [1.29, 1.82) is 0 Å². The van der Waals surface area contributed by atoms with E-state index in [4.69, 9.17) is 15.2 Å². The Bertz CT molecular complexity index is 558. The van der Waals surface area contributed by atoms with E-state index in [0.717, 1.165) is 27.7 Å². The number of thioether (sulfide) groups is 1. The Morgan fingerprint density at radius 2 is 1.84 bits per heavy atom. The van der Waals surface area contributed by atoms with E-state index in [1.807, 2.05) is 48.7 Å². The summed E-state index contributed by atoms with van der Waals surface area (Å²) >= 11 is 1.67. The van der Waals surface area contributed by atoms with Crippen LogP contribution in [0.3, 0.4) is 0 Å². The number of ether oxygens (including phenoxy) is 2. The largest absolute Gasteiger partial charge is 0.497 e. The zero-order chi connectivity index (χ0) is 13.7. The lowest BCUT2D eigenvalue weighted by Crippen LogP contribution is -2.01. The molecule has 4 heteroatoms. The molecule has 0 aliphatic heterocycles. The Labute approximate surface area is 117 Å². The van der Waals surface area contributed by atoms with Crippen molar-refractivity contribution in [3.05, 3.63) is 48.0 Å². The van der Waals surface area contributed by atoms with Crippen LogP contribution in [0, 0.1) is 0 Å². The maximum absolute atomic E-state index is 5.91. The highest BCUT2D eigenvalue weighted by Crippen LogP contribution is 2.32. The van der Waals surface area contributed by atoms with Crippen LogP contribution in [0.25, 0.3) is 0 Å². The number of methoxy groups -OCH3 is 1. The molecule has 0 saturated carbocycles. The first kappa shape index (κ1) is 13.8. The van der Waals surface area contributed by atoms with Crippen molar-refractivity contribution in [2.24, 2.45) is 5.73 Å². The lowest BCUT2D eigenvalue weighted by Gasteiger charge is -2.13. The van der Waals surface area contributed by atoms with Gasteiger partial charge in [-0.25, -0.2) is 0 Å². The number of hydrogen-bond donors (Lipinski definition) is 1. The molecule has 0 atom stereocenters. The van der Waals surface area contributed by atoms with Gasteiger partial charge in [-0.3, -0.25) is 0 Å². The van der Waals surface area contributed by atoms with Crippen molar-refractivity contribution in [3.63, 3.8) is 0 Å². The molecule has 0 spiro atoms. The van der Waals surface area contributed by atoms with Gasteiger partial charge in [0.25, 0.3) is 0 Å². The lowest BCUT2D eigenvalue weighted by molar-refractivity contribution is 0.408. The normalized spacial score (nSPS) is 10.3. The molecule has 0 unspecified atom stereocenters. The zero-order valence-electron chi connectivity index (χ0n) is 11.1. The minimum atomic E-state index is 0.455. The Hall–Kier alpha value is -1.65. The molecule has 0 bridgehead atoms. The van der Waals surface area contributed by atoms with Crippen molar-refractivity contribution in [2.75, 3.05) is 13.4 Å². The first-order valence-corrected chi connectivity index (χ1v) is 7.18. The smallest absolute Gasteiger partial charge is 0.133 e. The molecule has 19 heavy (non-hydrogen) atoms. The van der Waals surface area contributed by atoms with Crippen LogP contribution in [0.4, 0.5) is 0 Å². The van der Waals surface area contributed by atoms with Gasteiger partial charge in [-0.15, -0.1) is 11.8 Å². The molecule has 0 aromatic heterocycles. The summed E-state index contributed by atoms with van der Waals surface area (Å²) in [5.41, 5.74) is 6.84. The van der Waals surface area contributed by atoms with Gasteiger partial charge < -0.3 is 15.2 Å². The molecular weight excluding hydrogens is 258 g/mol. The third-order valence-corrected chi connectivity index (χ3v) is 3.61. The third kappa shape index (κ3) is 3.22. The summed E-state index contributed by atoms with van der Waals surface area (Å²) in [6, 6.07) is 13.5. The van der Waals surface area contributed by atoms with Crippen molar-refractivity contribution in [2.45, 2.75) is 11.4 Å². The van der Waals surface area contributed by atoms with E-state index in [-0.39, 0.29) is 0 Å². The summed E-state index contributed by atoms with van der Waals surface area (Å²) in [5, 5.41) is 0. The summed E-state index contributed by atoms with van der Waals surface area (Å²) in [6.07, 6.45) is 2.03. The standard InChI is InChI=1S/C15H17NO2S/c1-17-11-5-3-6-12(9-11)18-14-7-4-8-15(19-2)13(14)10-16/h3-9H,10,16H2,1-2H3. The second kappa shape index (κ2) is 6.50. The van der Waals surface area contributed by atoms with Gasteiger partial charge in [0.1, 0.15) is 17.2 Å². The number of nitrogens with two attached hydrogens (primary N) is 1. The molecule has 0 saturated heterocycles. The van der Waals surface area contributed by atoms with Crippen molar-refractivity contribution in [3.8, 4) is 17.2 Å².